The Morgan fingerprint density at radius 3 is 1.58 bits per heavy atom. The van der Waals surface area contributed by atoms with Crippen LogP contribution >= 0.6 is 0 Å². The van der Waals surface area contributed by atoms with Crippen LogP contribution in [0.2, 0.25) is 0 Å². The van der Waals surface area contributed by atoms with Gasteiger partial charge in [-0.15, -0.1) is 0 Å². The fourth-order valence-electron chi connectivity index (χ4n) is 2.56. The number of rotatable bonds is 13. The van der Waals surface area contributed by atoms with Crippen LogP contribution < -0.4 is 10.6 Å². The van der Waals surface area contributed by atoms with E-state index < -0.39 is 0 Å². The van der Waals surface area contributed by atoms with E-state index in [-0.39, 0.29) is 11.8 Å². The van der Waals surface area contributed by atoms with E-state index in [1.807, 2.05) is 21.5 Å². The zero-order valence-corrected chi connectivity index (χ0v) is 15.1. The minimum atomic E-state index is 0.0522. The molecule has 2 aromatic rings. The molecule has 0 bridgehead atoms. The number of hydrogen-bond donors (Lipinski definition) is 2. The summed E-state index contributed by atoms with van der Waals surface area (Å²) in [5.41, 5.74) is 0. The summed E-state index contributed by atoms with van der Waals surface area (Å²) in [5, 5.41) is 5.82. The molecule has 0 spiro atoms. The Bertz CT molecular complexity index is 568. The number of nitrogens with zero attached hydrogens (tertiary/aromatic N) is 4. The topological polar surface area (TPSA) is 93.8 Å². The Morgan fingerprint density at radius 2 is 1.19 bits per heavy atom. The van der Waals surface area contributed by atoms with Crippen LogP contribution in [0.1, 0.15) is 38.5 Å². The van der Waals surface area contributed by atoms with Gasteiger partial charge in [-0.2, -0.15) is 0 Å². The Hall–Kier alpha value is -2.64. The van der Waals surface area contributed by atoms with Crippen molar-refractivity contribution >= 4 is 11.8 Å². The molecule has 2 heterocycles. The predicted octanol–water partition coefficient (Wildman–Crippen LogP) is 1.35. The third-order valence-corrected chi connectivity index (χ3v) is 4.01. The standard InChI is InChI=1S/C18H28N6O2/c25-17(21-7-3-11-23-13-9-19-15-23)5-1-2-6-18(26)22-8-4-12-24-14-10-20-16-24/h9-10,13-16H,1-8,11-12H2,(H,21,25)(H,22,26). The summed E-state index contributed by atoms with van der Waals surface area (Å²) < 4.78 is 3.97. The average Bonchev–Trinajstić information content (AvgIpc) is 3.33. The Kier molecular flexibility index (Phi) is 8.96. The van der Waals surface area contributed by atoms with Gasteiger partial charge in [0.2, 0.25) is 11.8 Å². The summed E-state index contributed by atoms with van der Waals surface area (Å²) >= 11 is 0. The molecule has 0 aliphatic rings. The van der Waals surface area contributed by atoms with E-state index in [1.54, 1.807) is 25.0 Å². The molecule has 8 heteroatoms. The van der Waals surface area contributed by atoms with Crippen molar-refractivity contribution in [2.75, 3.05) is 13.1 Å². The minimum Gasteiger partial charge on any atom is -0.356 e. The predicted molar refractivity (Wildman–Crippen MR) is 98.2 cm³/mol. The zero-order chi connectivity index (χ0) is 18.5. The van der Waals surface area contributed by atoms with E-state index in [4.69, 9.17) is 0 Å². The minimum absolute atomic E-state index is 0.0522. The van der Waals surface area contributed by atoms with Crippen LogP contribution in [0.4, 0.5) is 0 Å². The number of nitrogens with one attached hydrogen (secondary N) is 2. The van der Waals surface area contributed by atoms with Crippen molar-refractivity contribution in [2.45, 2.75) is 51.6 Å². The normalized spacial score (nSPS) is 10.6. The highest BCUT2D eigenvalue weighted by atomic mass is 16.2. The molecule has 8 nitrogen and oxygen atoms in total. The number of amides is 2. The molecule has 0 saturated heterocycles. The molecule has 0 atom stereocenters. The van der Waals surface area contributed by atoms with E-state index in [2.05, 4.69) is 20.6 Å². The second-order valence-corrected chi connectivity index (χ2v) is 6.22. The first-order chi connectivity index (χ1) is 12.7. The molecule has 0 aliphatic heterocycles. The first kappa shape index (κ1) is 19.7. The van der Waals surface area contributed by atoms with Crippen LogP contribution in [0.25, 0.3) is 0 Å². The number of unbranched alkanes of at least 4 members (excludes halogenated alkanes) is 1. The SMILES string of the molecule is O=C(CCCCC(=O)NCCCn1ccnc1)NCCCn1ccnc1. The van der Waals surface area contributed by atoms with E-state index in [0.29, 0.717) is 25.9 Å². The number of aromatic nitrogens is 4. The number of hydrogen-bond acceptors (Lipinski definition) is 4. The second-order valence-electron chi connectivity index (χ2n) is 6.22. The molecule has 2 N–H and O–H groups in total. The molecule has 2 aromatic heterocycles. The first-order valence-electron chi connectivity index (χ1n) is 9.19. The highest BCUT2D eigenvalue weighted by Gasteiger charge is 2.04. The molecule has 0 aromatic carbocycles. The van der Waals surface area contributed by atoms with Crippen molar-refractivity contribution in [3.63, 3.8) is 0 Å². The molecular formula is C18H28N6O2. The second kappa shape index (κ2) is 11.8. The molecule has 0 saturated carbocycles. The van der Waals surface area contributed by atoms with Crippen LogP contribution in [-0.2, 0) is 22.7 Å². The van der Waals surface area contributed by atoms with Gasteiger partial charge in [-0.3, -0.25) is 9.59 Å². The molecule has 2 amide bonds. The lowest BCUT2D eigenvalue weighted by Gasteiger charge is -2.07. The quantitative estimate of drug-likeness (QED) is 0.527. The van der Waals surface area contributed by atoms with Crippen LogP contribution in [0.15, 0.2) is 37.4 Å². The van der Waals surface area contributed by atoms with Gasteiger partial charge in [0, 0.05) is 63.8 Å². The maximum atomic E-state index is 11.7. The zero-order valence-electron chi connectivity index (χ0n) is 15.1. The van der Waals surface area contributed by atoms with Gasteiger partial charge >= 0.3 is 0 Å². The lowest BCUT2D eigenvalue weighted by atomic mass is 10.2. The first-order valence-corrected chi connectivity index (χ1v) is 9.19. The maximum Gasteiger partial charge on any atom is 0.219 e. The summed E-state index contributed by atoms with van der Waals surface area (Å²) in [5.74, 6) is 0.104. The monoisotopic (exact) mass is 360 g/mol. The van der Waals surface area contributed by atoms with E-state index in [1.165, 1.54) is 0 Å². The van der Waals surface area contributed by atoms with Gasteiger partial charge < -0.3 is 19.8 Å². The number of carbonyl (C=O) groups is 2. The fourth-order valence-corrected chi connectivity index (χ4v) is 2.56. The van der Waals surface area contributed by atoms with E-state index >= 15 is 0 Å². The van der Waals surface area contributed by atoms with Gasteiger partial charge in [0.05, 0.1) is 12.7 Å². The van der Waals surface area contributed by atoms with Gasteiger partial charge in [-0.05, 0) is 25.7 Å². The Labute approximate surface area is 154 Å². The van der Waals surface area contributed by atoms with Gasteiger partial charge in [-0.25, -0.2) is 9.97 Å². The van der Waals surface area contributed by atoms with Crippen molar-refractivity contribution in [3.05, 3.63) is 37.4 Å². The Balaban J connectivity index is 1.38. The molecule has 2 rings (SSSR count). The van der Waals surface area contributed by atoms with Gasteiger partial charge in [0.15, 0.2) is 0 Å². The van der Waals surface area contributed by atoms with Crippen LogP contribution in [0.5, 0.6) is 0 Å². The molecule has 0 radical (unpaired) electrons. The summed E-state index contributed by atoms with van der Waals surface area (Å²) in [6.07, 6.45) is 15.0. The highest BCUT2D eigenvalue weighted by Crippen LogP contribution is 2.00. The molecular weight excluding hydrogens is 332 g/mol. The third-order valence-electron chi connectivity index (χ3n) is 4.01. The lowest BCUT2D eigenvalue weighted by Crippen LogP contribution is -2.26. The molecule has 0 unspecified atom stereocenters. The average molecular weight is 360 g/mol. The lowest BCUT2D eigenvalue weighted by molar-refractivity contribution is -0.123. The van der Waals surface area contributed by atoms with Crippen LogP contribution in [0, 0.1) is 0 Å². The highest BCUT2D eigenvalue weighted by molar-refractivity contribution is 5.77. The number of aryl methyl sites for hydroxylation is 2. The van der Waals surface area contributed by atoms with Crippen molar-refractivity contribution in [1.82, 2.24) is 29.7 Å². The largest absolute Gasteiger partial charge is 0.356 e. The Morgan fingerprint density at radius 1 is 0.731 bits per heavy atom. The number of carbonyl (C=O) groups excluding carboxylic acids is 2. The van der Waals surface area contributed by atoms with Crippen LogP contribution in [-0.4, -0.2) is 44.0 Å². The van der Waals surface area contributed by atoms with E-state index in [0.717, 1.165) is 38.8 Å². The van der Waals surface area contributed by atoms with Gasteiger partial charge in [-0.1, -0.05) is 0 Å². The van der Waals surface area contributed by atoms with Crippen molar-refractivity contribution in [3.8, 4) is 0 Å². The third kappa shape index (κ3) is 8.46. The number of imidazole rings is 2. The summed E-state index contributed by atoms with van der Waals surface area (Å²) in [6.45, 7) is 3.02. The van der Waals surface area contributed by atoms with Crippen molar-refractivity contribution < 1.29 is 9.59 Å². The molecule has 142 valence electrons. The summed E-state index contributed by atoms with van der Waals surface area (Å²) in [7, 11) is 0. The maximum absolute atomic E-state index is 11.7. The smallest absolute Gasteiger partial charge is 0.219 e. The van der Waals surface area contributed by atoms with Gasteiger partial charge in [0.25, 0.3) is 0 Å². The molecule has 0 fully saturated rings. The van der Waals surface area contributed by atoms with Crippen LogP contribution in [0.3, 0.4) is 0 Å². The fraction of sp³-hybridized carbons (Fsp3) is 0.556. The van der Waals surface area contributed by atoms with Crippen molar-refractivity contribution in [2.24, 2.45) is 0 Å². The summed E-state index contributed by atoms with van der Waals surface area (Å²) in [6, 6.07) is 0. The van der Waals surface area contributed by atoms with Crippen molar-refractivity contribution in [1.29, 1.82) is 0 Å². The molecule has 0 aliphatic carbocycles. The molecule has 26 heavy (non-hydrogen) atoms. The summed E-state index contributed by atoms with van der Waals surface area (Å²) in [4.78, 5) is 31.4. The van der Waals surface area contributed by atoms with Gasteiger partial charge in [0.1, 0.15) is 0 Å². The van der Waals surface area contributed by atoms with E-state index in [9.17, 15) is 9.59 Å².